The van der Waals surface area contributed by atoms with E-state index in [4.69, 9.17) is 19.4 Å². The molecule has 192 valence electrons. The van der Waals surface area contributed by atoms with Gasteiger partial charge in [-0.3, -0.25) is 9.69 Å². The monoisotopic (exact) mass is 524 g/mol. The Balaban J connectivity index is 1.45. The zero-order valence-corrected chi connectivity index (χ0v) is 22.2. The van der Waals surface area contributed by atoms with E-state index < -0.39 is 0 Å². The van der Waals surface area contributed by atoms with Crippen LogP contribution in [0.15, 0.2) is 72.8 Å². The number of pyridine rings is 1. The van der Waals surface area contributed by atoms with Crippen molar-refractivity contribution in [3.63, 3.8) is 0 Å². The van der Waals surface area contributed by atoms with Crippen LogP contribution in [0.2, 0.25) is 0 Å². The van der Waals surface area contributed by atoms with Crippen LogP contribution in [0.25, 0.3) is 32.4 Å². The fourth-order valence-electron chi connectivity index (χ4n) is 4.65. The molecule has 0 N–H and O–H groups in total. The van der Waals surface area contributed by atoms with Crippen LogP contribution in [0.1, 0.15) is 16.8 Å². The second kappa shape index (κ2) is 10.4. The average Bonchev–Trinajstić information content (AvgIpc) is 3.35. The first-order valence-electron chi connectivity index (χ1n) is 12.7. The van der Waals surface area contributed by atoms with Crippen molar-refractivity contribution in [3.05, 3.63) is 78.4 Å². The summed E-state index contributed by atoms with van der Waals surface area (Å²) in [5.41, 5.74) is 3.94. The number of benzene rings is 3. The summed E-state index contributed by atoms with van der Waals surface area (Å²) in [7, 11) is 4.08. The summed E-state index contributed by atoms with van der Waals surface area (Å²) in [5.74, 6) is 1.33. The number of ether oxygens (including phenoxy) is 2. The third-order valence-corrected chi connectivity index (χ3v) is 7.56. The van der Waals surface area contributed by atoms with Gasteiger partial charge in [-0.15, -0.1) is 0 Å². The lowest BCUT2D eigenvalue weighted by Gasteiger charge is -2.22. The van der Waals surface area contributed by atoms with Gasteiger partial charge in [0.05, 0.1) is 27.0 Å². The van der Waals surface area contributed by atoms with E-state index in [2.05, 4.69) is 4.90 Å². The number of anilines is 1. The van der Waals surface area contributed by atoms with Crippen LogP contribution in [-0.4, -0.2) is 61.2 Å². The maximum absolute atomic E-state index is 14.4. The highest BCUT2D eigenvalue weighted by molar-refractivity contribution is 7.22. The normalized spacial score (nSPS) is 12.8. The highest BCUT2D eigenvalue weighted by atomic mass is 32.1. The molecule has 0 aliphatic carbocycles. The minimum atomic E-state index is -0.0872. The molecule has 6 rings (SSSR count). The molecule has 3 aromatic carbocycles. The number of fused-ring (bicyclic) bond motifs is 3. The Morgan fingerprint density at radius 2 is 1.61 bits per heavy atom. The number of thiazole rings is 1. The largest absolute Gasteiger partial charge is 0.486 e. The van der Waals surface area contributed by atoms with E-state index in [-0.39, 0.29) is 5.91 Å². The molecule has 1 aliphatic rings. The molecule has 0 radical (unpaired) electrons. The molecule has 7 nitrogen and oxygen atoms in total. The lowest BCUT2D eigenvalue weighted by Crippen LogP contribution is -2.33. The Bertz CT molecular complexity index is 1570. The zero-order chi connectivity index (χ0) is 26.1. The Hall–Kier alpha value is -4.01. The van der Waals surface area contributed by atoms with Crippen molar-refractivity contribution in [1.82, 2.24) is 14.9 Å². The summed E-state index contributed by atoms with van der Waals surface area (Å²) >= 11 is 1.50. The second-order valence-corrected chi connectivity index (χ2v) is 10.5. The van der Waals surface area contributed by atoms with Gasteiger partial charge in [0, 0.05) is 29.6 Å². The summed E-state index contributed by atoms with van der Waals surface area (Å²) in [6.07, 6.45) is 0.811. The molecule has 8 heteroatoms. The standard InChI is InChI=1S/C30H28N4O3S/c1-33(2)13-8-14-34(30-32-25-18-26-27(19-28(25)38-30)37-16-15-36-26)29(35)22-17-24(20-9-4-3-5-10-20)31-23-12-7-6-11-21(22)23/h3-7,9-12,17-19H,8,13-16H2,1-2H3. The summed E-state index contributed by atoms with van der Waals surface area (Å²) in [5, 5.41) is 1.49. The van der Waals surface area contributed by atoms with Crippen molar-refractivity contribution in [2.45, 2.75) is 6.42 Å². The summed E-state index contributed by atoms with van der Waals surface area (Å²) < 4.78 is 12.5. The van der Waals surface area contributed by atoms with Crippen molar-refractivity contribution < 1.29 is 14.3 Å². The summed E-state index contributed by atoms with van der Waals surface area (Å²) in [4.78, 5) is 28.0. The Labute approximate surface area is 225 Å². The van der Waals surface area contributed by atoms with Crippen LogP contribution in [0.4, 0.5) is 5.13 Å². The molecule has 0 saturated carbocycles. The number of amides is 1. The quantitative estimate of drug-likeness (QED) is 0.265. The minimum absolute atomic E-state index is 0.0872. The number of hydrogen-bond acceptors (Lipinski definition) is 7. The number of carbonyl (C=O) groups is 1. The number of para-hydroxylation sites is 1. The molecular weight excluding hydrogens is 496 g/mol. The Morgan fingerprint density at radius 3 is 2.39 bits per heavy atom. The molecule has 1 aliphatic heterocycles. The summed E-state index contributed by atoms with van der Waals surface area (Å²) in [6, 6.07) is 23.6. The van der Waals surface area contributed by atoms with Gasteiger partial charge in [0.15, 0.2) is 16.6 Å². The average molecular weight is 525 g/mol. The van der Waals surface area contributed by atoms with E-state index in [1.54, 1.807) is 0 Å². The molecule has 0 bridgehead atoms. The van der Waals surface area contributed by atoms with Gasteiger partial charge in [-0.05, 0) is 39.2 Å². The number of rotatable bonds is 7. The number of carbonyl (C=O) groups excluding carboxylic acids is 1. The van der Waals surface area contributed by atoms with Crippen LogP contribution in [0.3, 0.4) is 0 Å². The molecule has 0 atom stereocenters. The first-order valence-corrected chi connectivity index (χ1v) is 13.5. The molecule has 1 amide bonds. The van der Waals surface area contributed by atoms with E-state index in [0.29, 0.717) is 36.2 Å². The summed E-state index contributed by atoms with van der Waals surface area (Å²) in [6.45, 7) is 2.44. The molecule has 3 heterocycles. The molecule has 5 aromatic rings. The molecule has 38 heavy (non-hydrogen) atoms. The molecule has 2 aromatic heterocycles. The van der Waals surface area contributed by atoms with Gasteiger partial charge in [0.25, 0.3) is 5.91 Å². The van der Waals surface area contributed by atoms with Crippen LogP contribution in [0, 0.1) is 0 Å². The SMILES string of the molecule is CN(C)CCCN(C(=O)c1cc(-c2ccccc2)nc2ccccc12)c1nc2cc3c(cc2s1)OCCO3. The van der Waals surface area contributed by atoms with Crippen LogP contribution < -0.4 is 14.4 Å². The second-order valence-electron chi connectivity index (χ2n) is 9.51. The highest BCUT2D eigenvalue weighted by Crippen LogP contribution is 2.39. The molecular formula is C30H28N4O3S. The van der Waals surface area contributed by atoms with Gasteiger partial charge in [0.2, 0.25) is 0 Å². The van der Waals surface area contributed by atoms with Gasteiger partial charge in [-0.2, -0.15) is 0 Å². The number of nitrogens with zero attached hydrogens (tertiary/aromatic N) is 4. The van der Waals surface area contributed by atoms with E-state index in [9.17, 15) is 4.79 Å². The Kier molecular flexibility index (Phi) is 6.66. The third-order valence-electron chi connectivity index (χ3n) is 6.52. The van der Waals surface area contributed by atoms with Gasteiger partial charge in [0.1, 0.15) is 13.2 Å². The Morgan fingerprint density at radius 1 is 0.868 bits per heavy atom. The highest BCUT2D eigenvalue weighted by Gasteiger charge is 2.25. The maximum atomic E-state index is 14.4. The lowest BCUT2D eigenvalue weighted by atomic mass is 10.0. The topological polar surface area (TPSA) is 67.8 Å². The van der Waals surface area contributed by atoms with Crippen molar-refractivity contribution >= 4 is 43.5 Å². The fraction of sp³-hybridized carbons (Fsp3) is 0.233. The predicted molar refractivity (Wildman–Crippen MR) is 153 cm³/mol. The van der Waals surface area contributed by atoms with Crippen molar-refractivity contribution in [3.8, 4) is 22.8 Å². The zero-order valence-electron chi connectivity index (χ0n) is 21.4. The minimum Gasteiger partial charge on any atom is -0.486 e. The van der Waals surface area contributed by atoms with Crippen molar-refractivity contribution in [1.29, 1.82) is 0 Å². The van der Waals surface area contributed by atoms with Crippen LogP contribution in [0.5, 0.6) is 11.5 Å². The first kappa shape index (κ1) is 24.3. The lowest BCUT2D eigenvalue weighted by molar-refractivity contribution is 0.0987. The van der Waals surface area contributed by atoms with Crippen LogP contribution >= 0.6 is 11.3 Å². The van der Waals surface area contributed by atoms with Crippen molar-refractivity contribution in [2.75, 3.05) is 45.3 Å². The fourth-order valence-corrected chi connectivity index (χ4v) is 5.65. The van der Waals surface area contributed by atoms with Crippen molar-refractivity contribution in [2.24, 2.45) is 0 Å². The number of aromatic nitrogens is 2. The van der Waals surface area contributed by atoms with Gasteiger partial charge in [-0.1, -0.05) is 59.9 Å². The molecule has 0 fully saturated rings. The molecule has 0 spiro atoms. The predicted octanol–water partition coefficient (Wildman–Crippen LogP) is 5.88. The van der Waals surface area contributed by atoms with E-state index in [0.717, 1.165) is 51.1 Å². The van der Waals surface area contributed by atoms with E-state index in [1.807, 2.05) is 91.8 Å². The first-order chi connectivity index (χ1) is 18.6. The smallest absolute Gasteiger partial charge is 0.260 e. The van der Waals surface area contributed by atoms with Gasteiger partial charge < -0.3 is 14.4 Å². The van der Waals surface area contributed by atoms with Gasteiger partial charge in [-0.25, -0.2) is 9.97 Å². The van der Waals surface area contributed by atoms with E-state index in [1.165, 1.54) is 11.3 Å². The third kappa shape index (κ3) is 4.80. The molecule has 0 saturated heterocycles. The van der Waals surface area contributed by atoms with Crippen LogP contribution in [-0.2, 0) is 0 Å². The van der Waals surface area contributed by atoms with Gasteiger partial charge >= 0.3 is 0 Å². The van der Waals surface area contributed by atoms with E-state index >= 15 is 0 Å². The number of hydrogen-bond donors (Lipinski definition) is 0. The molecule has 0 unspecified atom stereocenters. The maximum Gasteiger partial charge on any atom is 0.260 e.